The second kappa shape index (κ2) is 7.73. The van der Waals surface area contributed by atoms with Gasteiger partial charge in [-0.1, -0.05) is 23.7 Å². The zero-order chi connectivity index (χ0) is 19.7. The maximum absolute atomic E-state index is 12.7. The van der Waals surface area contributed by atoms with Gasteiger partial charge in [-0.3, -0.25) is 9.59 Å². The van der Waals surface area contributed by atoms with Crippen LogP contribution in [0.25, 0.3) is 11.0 Å². The van der Waals surface area contributed by atoms with Crippen LogP contribution in [-0.4, -0.2) is 48.8 Å². The molecule has 1 unspecified atom stereocenters. The quantitative estimate of drug-likeness (QED) is 0.693. The largest absolute Gasteiger partial charge is 0.388 e. The summed E-state index contributed by atoms with van der Waals surface area (Å²) in [6.07, 6.45) is 3.58. The number of aliphatic hydroxyl groups is 1. The number of carbonyl (C=O) groups excluding carboxylic acids is 1. The molecule has 0 aliphatic carbocycles. The lowest BCUT2D eigenvalue weighted by Gasteiger charge is -2.34. The van der Waals surface area contributed by atoms with Crippen LogP contribution in [0.1, 0.15) is 24.5 Å². The molecule has 4 rings (SSSR count). The number of benzene rings is 1. The van der Waals surface area contributed by atoms with E-state index in [-0.39, 0.29) is 23.9 Å². The van der Waals surface area contributed by atoms with Crippen molar-refractivity contribution in [3.8, 4) is 0 Å². The van der Waals surface area contributed by atoms with Crippen LogP contribution in [0.3, 0.4) is 0 Å². The summed E-state index contributed by atoms with van der Waals surface area (Å²) < 4.78 is 1.45. The van der Waals surface area contributed by atoms with Gasteiger partial charge in [-0.25, -0.2) is 9.67 Å². The number of nitrogens with zero attached hydrogens (tertiary/aromatic N) is 4. The molecule has 3 heterocycles. The van der Waals surface area contributed by atoms with Gasteiger partial charge in [0.25, 0.3) is 5.56 Å². The van der Waals surface area contributed by atoms with Crippen LogP contribution < -0.4 is 5.56 Å². The number of aromatic nitrogens is 4. The van der Waals surface area contributed by atoms with Gasteiger partial charge in [-0.05, 0) is 36.5 Å². The number of fused-ring (bicyclic) bond motifs is 1. The van der Waals surface area contributed by atoms with Gasteiger partial charge in [0.05, 0.1) is 18.6 Å². The Morgan fingerprint density at radius 1 is 1.29 bits per heavy atom. The zero-order valence-electron chi connectivity index (χ0n) is 15.1. The number of nitrogens with one attached hydrogen (secondary N) is 1. The highest BCUT2D eigenvalue weighted by Gasteiger charge is 2.28. The van der Waals surface area contributed by atoms with Gasteiger partial charge < -0.3 is 15.0 Å². The molecule has 1 saturated heterocycles. The zero-order valence-corrected chi connectivity index (χ0v) is 15.8. The Balaban J connectivity index is 1.38. The predicted octanol–water partition coefficient (Wildman–Crippen LogP) is 1.75. The summed E-state index contributed by atoms with van der Waals surface area (Å²) in [7, 11) is 0. The number of aliphatic hydroxyl groups excluding tert-OH is 1. The number of likely N-dealkylation sites (tertiary alicyclic amines) is 1. The number of hydrogen-bond acceptors (Lipinski definition) is 5. The van der Waals surface area contributed by atoms with E-state index in [1.54, 1.807) is 17.0 Å². The van der Waals surface area contributed by atoms with E-state index in [4.69, 9.17) is 11.6 Å². The van der Waals surface area contributed by atoms with E-state index in [9.17, 15) is 14.7 Å². The molecule has 3 aromatic rings. The van der Waals surface area contributed by atoms with Crippen molar-refractivity contribution in [3.63, 3.8) is 0 Å². The highest BCUT2D eigenvalue weighted by atomic mass is 35.5. The minimum Gasteiger partial charge on any atom is -0.388 e. The Kier molecular flexibility index (Phi) is 5.15. The summed E-state index contributed by atoms with van der Waals surface area (Å²) in [5, 5.41) is 15.7. The molecule has 0 saturated carbocycles. The Morgan fingerprint density at radius 3 is 2.71 bits per heavy atom. The fraction of sp³-hybridized carbons (Fsp3) is 0.368. The molecule has 1 aliphatic rings. The van der Waals surface area contributed by atoms with Crippen molar-refractivity contribution in [1.82, 2.24) is 24.6 Å². The number of hydrogen-bond donors (Lipinski definition) is 2. The maximum atomic E-state index is 12.7. The van der Waals surface area contributed by atoms with Crippen LogP contribution in [0.5, 0.6) is 0 Å². The topological polar surface area (TPSA) is 104 Å². The highest BCUT2D eigenvalue weighted by molar-refractivity contribution is 6.30. The van der Waals surface area contributed by atoms with Crippen LogP contribution in [0.4, 0.5) is 0 Å². The van der Waals surface area contributed by atoms with Gasteiger partial charge in [0.1, 0.15) is 11.9 Å². The standard InChI is InChI=1S/C19H20ClN5O3/c20-14-3-1-12(2-4-14)17(27)13-5-7-24(8-6-13)16(26)10-25-18-15(9-23-25)19(28)22-11-21-18/h1-4,9,11,13,17,27H,5-8,10H2,(H,21,22,28). The predicted molar refractivity (Wildman–Crippen MR) is 104 cm³/mol. The van der Waals surface area contributed by atoms with Crippen LogP contribution in [0.2, 0.25) is 5.02 Å². The minimum atomic E-state index is -0.569. The van der Waals surface area contributed by atoms with Crippen molar-refractivity contribution in [1.29, 1.82) is 0 Å². The van der Waals surface area contributed by atoms with Crippen molar-refractivity contribution < 1.29 is 9.90 Å². The molecule has 1 aliphatic heterocycles. The maximum Gasteiger partial charge on any atom is 0.261 e. The molecular formula is C19H20ClN5O3. The lowest BCUT2D eigenvalue weighted by atomic mass is 9.87. The molecule has 8 nitrogen and oxygen atoms in total. The Bertz CT molecular complexity index is 1040. The average Bonchev–Trinajstić information content (AvgIpc) is 3.12. The van der Waals surface area contributed by atoms with Crippen LogP contribution >= 0.6 is 11.6 Å². The second-order valence-corrected chi connectivity index (χ2v) is 7.42. The fourth-order valence-corrected chi connectivity index (χ4v) is 3.77. The lowest BCUT2D eigenvalue weighted by molar-refractivity contribution is -0.134. The van der Waals surface area contributed by atoms with E-state index in [1.807, 2.05) is 12.1 Å². The van der Waals surface area contributed by atoms with Crippen molar-refractivity contribution >= 4 is 28.5 Å². The van der Waals surface area contributed by atoms with E-state index in [1.165, 1.54) is 17.2 Å². The normalized spacial score (nSPS) is 16.4. The molecule has 146 valence electrons. The van der Waals surface area contributed by atoms with Gasteiger partial charge in [0.15, 0.2) is 5.65 Å². The first-order valence-corrected chi connectivity index (χ1v) is 9.51. The Morgan fingerprint density at radius 2 is 2.00 bits per heavy atom. The van der Waals surface area contributed by atoms with Gasteiger partial charge in [-0.2, -0.15) is 5.10 Å². The smallest absolute Gasteiger partial charge is 0.261 e. The molecule has 2 aromatic heterocycles. The molecule has 1 fully saturated rings. The first-order chi connectivity index (χ1) is 13.5. The van der Waals surface area contributed by atoms with Crippen LogP contribution in [0, 0.1) is 5.92 Å². The molecule has 1 amide bonds. The van der Waals surface area contributed by atoms with Gasteiger partial charge in [0, 0.05) is 18.1 Å². The fourth-order valence-electron chi connectivity index (χ4n) is 3.65. The number of H-pyrrole nitrogens is 1. The molecule has 9 heteroatoms. The molecule has 28 heavy (non-hydrogen) atoms. The van der Waals surface area contributed by atoms with Crippen molar-refractivity contribution in [2.24, 2.45) is 5.92 Å². The van der Waals surface area contributed by atoms with Crippen molar-refractivity contribution in [2.45, 2.75) is 25.5 Å². The minimum absolute atomic E-state index is 0.0321. The molecule has 1 aromatic carbocycles. The number of amides is 1. The van der Waals surface area contributed by atoms with E-state index in [0.717, 1.165) is 5.56 Å². The third-order valence-corrected chi connectivity index (χ3v) is 5.53. The van der Waals surface area contributed by atoms with Gasteiger partial charge >= 0.3 is 0 Å². The van der Waals surface area contributed by atoms with Crippen molar-refractivity contribution in [2.75, 3.05) is 13.1 Å². The third kappa shape index (κ3) is 3.65. The monoisotopic (exact) mass is 401 g/mol. The molecule has 2 N–H and O–H groups in total. The summed E-state index contributed by atoms with van der Waals surface area (Å²) in [6.45, 7) is 1.17. The molecule has 1 atom stereocenters. The highest BCUT2D eigenvalue weighted by Crippen LogP contribution is 2.31. The van der Waals surface area contributed by atoms with Crippen molar-refractivity contribution in [3.05, 3.63) is 57.7 Å². The number of halogens is 1. The summed E-state index contributed by atoms with van der Waals surface area (Å²) >= 11 is 5.90. The number of piperidine rings is 1. The molecular weight excluding hydrogens is 382 g/mol. The number of carbonyl (C=O) groups is 1. The second-order valence-electron chi connectivity index (χ2n) is 6.99. The van der Waals surface area contributed by atoms with E-state index in [2.05, 4.69) is 15.1 Å². The molecule has 0 radical (unpaired) electrons. The van der Waals surface area contributed by atoms with Crippen LogP contribution in [-0.2, 0) is 11.3 Å². The summed E-state index contributed by atoms with van der Waals surface area (Å²) in [5.41, 5.74) is 0.958. The Labute approximate surface area is 165 Å². The average molecular weight is 402 g/mol. The summed E-state index contributed by atoms with van der Waals surface area (Å²) in [6, 6.07) is 7.21. The molecule has 0 bridgehead atoms. The number of aromatic amines is 1. The first kappa shape index (κ1) is 18.6. The van der Waals surface area contributed by atoms with Gasteiger partial charge in [-0.15, -0.1) is 0 Å². The summed E-state index contributed by atoms with van der Waals surface area (Å²) in [5.74, 6) is 0.0162. The van der Waals surface area contributed by atoms with E-state index >= 15 is 0 Å². The number of rotatable bonds is 4. The lowest BCUT2D eigenvalue weighted by Crippen LogP contribution is -2.41. The van der Waals surface area contributed by atoms with Gasteiger partial charge in [0.2, 0.25) is 5.91 Å². The Hall–Kier alpha value is -2.71. The van der Waals surface area contributed by atoms with E-state index in [0.29, 0.717) is 42.0 Å². The third-order valence-electron chi connectivity index (χ3n) is 5.27. The van der Waals surface area contributed by atoms with Crippen LogP contribution in [0.15, 0.2) is 41.6 Å². The summed E-state index contributed by atoms with van der Waals surface area (Å²) in [4.78, 5) is 32.8. The first-order valence-electron chi connectivity index (χ1n) is 9.13. The van der Waals surface area contributed by atoms with E-state index < -0.39 is 6.10 Å². The molecule has 0 spiro atoms. The SMILES string of the molecule is O=C(Cn1ncc2c(=O)[nH]cnc21)N1CCC(C(O)c2ccc(Cl)cc2)CC1.